The van der Waals surface area contributed by atoms with E-state index in [4.69, 9.17) is 14.6 Å². The molecule has 106 valence electrons. The van der Waals surface area contributed by atoms with Crippen LogP contribution in [0.1, 0.15) is 18.9 Å². The number of benzene rings is 1. The van der Waals surface area contributed by atoms with Crippen LogP contribution in [-0.4, -0.2) is 37.4 Å². The second kappa shape index (κ2) is 8.50. The van der Waals surface area contributed by atoms with E-state index >= 15 is 0 Å². The number of hydrogen-bond donors (Lipinski definition) is 2. The molecule has 19 heavy (non-hydrogen) atoms. The first-order chi connectivity index (χ1) is 9.17. The summed E-state index contributed by atoms with van der Waals surface area (Å²) in [7, 11) is 1.64. The van der Waals surface area contributed by atoms with Crippen molar-refractivity contribution >= 4 is 5.97 Å². The number of ether oxygens (including phenoxy) is 2. The number of aliphatic carboxylic acids is 1. The Balaban J connectivity index is 2.43. The number of carboxylic acids is 1. The van der Waals surface area contributed by atoms with Crippen LogP contribution >= 0.6 is 0 Å². The molecule has 1 aromatic carbocycles. The third-order valence-corrected chi connectivity index (χ3v) is 2.63. The second-order valence-electron chi connectivity index (χ2n) is 4.17. The molecule has 0 heterocycles. The fraction of sp³-hybridized carbons (Fsp3) is 0.500. The van der Waals surface area contributed by atoms with Gasteiger partial charge in [-0.2, -0.15) is 0 Å². The van der Waals surface area contributed by atoms with E-state index in [1.54, 1.807) is 7.11 Å². The molecule has 1 atom stereocenters. The fourth-order valence-electron chi connectivity index (χ4n) is 1.75. The first kappa shape index (κ1) is 15.5. The van der Waals surface area contributed by atoms with E-state index in [0.29, 0.717) is 26.2 Å². The summed E-state index contributed by atoms with van der Waals surface area (Å²) in [6.07, 6.45) is 0.428. The van der Waals surface area contributed by atoms with Crippen molar-refractivity contribution in [1.29, 1.82) is 0 Å². The lowest BCUT2D eigenvalue weighted by molar-refractivity contribution is -0.139. The second-order valence-corrected chi connectivity index (χ2v) is 4.17. The molecule has 0 radical (unpaired) electrons. The molecular formula is C14H21NO4. The van der Waals surface area contributed by atoms with Crippen LogP contribution in [0.15, 0.2) is 24.3 Å². The zero-order valence-electron chi connectivity index (χ0n) is 11.4. The van der Waals surface area contributed by atoms with Gasteiger partial charge in [0.05, 0.1) is 13.2 Å². The summed E-state index contributed by atoms with van der Waals surface area (Å²) in [6.45, 7) is 3.40. The predicted octanol–water partition coefficient (Wildman–Crippen LogP) is 1.66. The van der Waals surface area contributed by atoms with Crippen LogP contribution in [0.3, 0.4) is 0 Å². The van der Waals surface area contributed by atoms with Gasteiger partial charge in [0.2, 0.25) is 0 Å². The monoisotopic (exact) mass is 267 g/mol. The van der Waals surface area contributed by atoms with Crippen molar-refractivity contribution in [3.8, 4) is 5.75 Å². The van der Waals surface area contributed by atoms with Crippen molar-refractivity contribution in [3.05, 3.63) is 29.8 Å². The van der Waals surface area contributed by atoms with Gasteiger partial charge < -0.3 is 19.9 Å². The van der Waals surface area contributed by atoms with Crippen LogP contribution in [0.25, 0.3) is 0 Å². The van der Waals surface area contributed by atoms with Gasteiger partial charge in [-0.05, 0) is 24.2 Å². The summed E-state index contributed by atoms with van der Waals surface area (Å²) in [6, 6.07) is 7.03. The van der Waals surface area contributed by atoms with E-state index in [2.05, 4.69) is 5.32 Å². The highest BCUT2D eigenvalue weighted by molar-refractivity contribution is 5.73. The maximum Gasteiger partial charge on any atom is 0.320 e. The predicted molar refractivity (Wildman–Crippen MR) is 72.4 cm³/mol. The Bertz CT molecular complexity index is 395. The molecule has 0 aliphatic rings. The Kier molecular flexibility index (Phi) is 6.92. The van der Waals surface area contributed by atoms with Crippen molar-refractivity contribution in [1.82, 2.24) is 5.32 Å². The van der Waals surface area contributed by atoms with Crippen molar-refractivity contribution in [2.75, 3.05) is 20.3 Å². The Hall–Kier alpha value is -1.59. The Morgan fingerprint density at radius 3 is 2.89 bits per heavy atom. The lowest BCUT2D eigenvalue weighted by Gasteiger charge is -2.14. The van der Waals surface area contributed by atoms with Gasteiger partial charge in [-0.3, -0.25) is 4.79 Å². The molecule has 5 heteroatoms. The molecule has 0 amide bonds. The average Bonchev–Trinajstić information content (AvgIpc) is 2.38. The highest BCUT2D eigenvalue weighted by Gasteiger charge is 2.15. The van der Waals surface area contributed by atoms with E-state index in [1.165, 1.54) is 0 Å². The first-order valence-corrected chi connectivity index (χ1v) is 6.34. The van der Waals surface area contributed by atoms with Gasteiger partial charge in [-0.25, -0.2) is 0 Å². The van der Waals surface area contributed by atoms with Gasteiger partial charge in [0.25, 0.3) is 0 Å². The van der Waals surface area contributed by atoms with Gasteiger partial charge in [0, 0.05) is 13.5 Å². The third-order valence-electron chi connectivity index (χ3n) is 2.63. The summed E-state index contributed by atoms with van der Waals surface area (Å²) in [5.41, 5.74) is 1.03. The van der Waals surface area contributed by atoms with Gasteiger partial charge in [-0.1, -0.05) is 19.1 Å². The molecule has 0 spiro atoms. The average molecular weight is 267 g/mol. The van der Waals surface area contributed by atoms with E-state index in [1.807, 2.05) is 31.2 Å². The van der Waals surface area contributed by atoms with E-state index in [9.17, 15) is 4.79 Å². The number of methoxy groups -OCH3 is 1. The van der Waals surface area contributed by atoms with Crippen molar-refractivity contribution in [2.45, 2.75) is 26.0 Å². The summed E-state index contributed by atoms with van der Waals surface area (Å²) in [4.78, 5) is 10.9. The zero-order valence-corrected chi connectivity index (χ0v) is 11.4. The summed E-state index contributed by atoms with van der Waals surface area (Å²) < 4.78 is 10.6. The molecule has 0 saturated heterocycles. The van der Waals surface area contributed by atoms with Gasteiger partial charge in [0.1, 0.15) is 11.8 Å². The lowest BCUT2D eigenvalue weighted by Crippen LogP contribution is -2.37. The number of rotatable bonds is 9. The smallest absolute Gasteiger partial charge is 0.320 e. The van der Waals surface area contributed by atoms with Crippen molar-refractivity contribution < 1.29 is 19.4 Å². The molecule has 1 rings (SSSR count). The minimum absolute atomic E-state index is 0.362. The SMILES string of the molecule is CCNC(CCOc1cccc(COC)c1)C(=O)O. The molecule has 0 bridgehead atoms. The summed E-state index contributed by atoms with van der Waals surface area (Å²) in [5.74, 6) is -0.117. The molecule has 0 saturated carbocycles. The molecule has 1 unspecified atom stereocenters. The number of carboxylic acid groups (broad SMARTS) is 1. The van der Waals surface area contributed by atoms with Crippen LogP contribution in [0.2, 0.25) is 0 Å². The largest absolute Gasteiger partial charge is 0.494 e. The molecule has 0 fully saturated rings. The van der Waals surface area contributed by atoms with Gasteiger partial charge >= 0.3 is 5.97 Å². The molecule has 5 nitrogen and oxygen atoms in total. The Morgan fingerprint density at radius 1 is 1.47 bits per heavy atom. The van der Waals surface area contributed by atoms with Gasteiger partial charge in [0.15, 0.2) is 0 Å². The third kappa shape index (κ3) is 5.72. The highest BCUT2D eigenvalue weighted by Crippen LogP contribution is 2.14. The Morgan fingerprint density at radius 2 is 2.26 bits per heavy atom. The number of likely N-dealkylation sites (N-methyl/N-ethyl adjacent to an activating group) is 1. The fourth-order valence-corrected chi connectivity index (χ4v) is 1.75. The molecule has 1 aromatic rings. The maximum absolute atomic E-state index is 10.9. The number of carbonyl (C=O) groups is 1. The normalized spacial score (nSPS) is 12.1. The van der Waals surface area contributed by atoms with Crippen molar-refractivity contribution in [2.24, 2.45) is 0 Å². The number of hydrogen-bond acceptors (Lipinski definition) is 4. The Labute approximate surface area is 113 Å². The topological polar surface area (TPSA) is 67.8 Å². The van der Waals surface area contributed by atoms with Crippen molar-refractivity contribution in [3.63, 3.8) is 0 Å². The van der Waals surface area contributed by atoms with Crippen LogP contribution in [0.5, 0.6) is 5.75 Å². The minimum atomic E-state index is -0.849. The molecular weight excluding hydrogens is 246 g/mol. The summed E-state index contributed by atoms with van der Waals surface area (Å²) >= 11 is 0. The van der Waals surface area contributed by atoms with E-state index in [0.717, 1.165) is 11.3 Å². The minimum Gasteiger partial charge on any atom is -0.494 e. The lowest BCUT2D eigenvalue weighted by atomic mass is 10.2. The first-order valence-electron chi connectivity index (χ1n) is 6.34. The summed E-state index contributed by atoms with van der Waals surface area (Å²) in [5, 5.41) is 11.9. The van der Waals surface area contributed by atoms with Gasteiger partial charge in [-0.15, -0.1) is 0 Å². The van der Waals surface area contributed by atoms with Crippen LogP contribution in [0, 0.1) is 0 Å². The van der Waals surface area contributed by atoms with E-state index in [-0.39, 0.29) is 0 Å². The molecule has 0 aromatic heterocycles. The zero-order chi connectivity index (χ0) is 14.1. The maximum atomic E-state index is 10.9. The standard InChI is InChI=1S/C14H21NO4/c1-3-15-13(14(16)17)7-8-19-12-6-4-5-11(9-12)10-18-2/h4-6,9,13,15H,3,7-8,10H2,1-2H3,(H,16,17). The number of nitrogens with one attached hydrogen (secondary N) is 1. The highest BCUT2D eigenvalue weighted by atomic mass is 16.5. The quantitative estimate of drug-likeness (QED) is 0.712. The molecule has 0 aliphatic carbocycles. The van der Waals surface area contributed by atoms with E-state index < -0.39 is 12.0 Å². The molecule has 2 N–H and O–H groups in total. The van der Waals surface area contributed by atoms with Crippen LogP contribution in [-0.2, 0) is 16.1 Å². The van der Waals surface area contributed by atoms with Crippen LogP contribution < -0.4 is 10.1 Å². The van der Waals surface area contributed by atoms with Crippen LogP contribution in [0.4, 0.5) is 0 Å². The molecule has 0 aliphatic heterocycles.